The highest BCUT2D eigenvalue weighted by atomic mass is 16.6. The molecule has 0 aromatic heterocycles. The van der Waals surface area contributed by atoms with Gasteiger partial charge < -0.3 is 14.6 Å². The van der Waals surface area contributed by atoms with Gasteiger partial charge in [0, 0.05) is 11.1 Å². The van der Waals surface area contributed by atoms with Crippen LogP contribution in [0.25, 0.3) is 22.3 Å². The van der Waals surface area contributed by atoms with E-state index in [1.807, 2.05) is 24.3 Å². The molecule has 4 nitrogen and oxygen atoms in total. The average Bonchev–Trinajstić information content (AvgIpc) is 2.91. The summed E-state index contributed by atoms with van der Waals surface area (Å²) in [4.78, 5) is 11.7. The van der Waals surface area contributed by atoms with Crippen molar-refractivity contribution in [2.45, 2.75) is 58.5 Å². The number of hydrogen-bond donors (Lipinski definition) is 1. The molecule has 3 aromatic carbocycles. The van der Waals surface area contributed by atoms with Gasteiger partial charge in [0.2, 0.25) is 0 Å². The first kappa shape index (κ1) is 25.7. The van der Waals surface area contributed by atoms with Crippen molar-refractivity contribution in [1.82, 2.24) is 0 Å². The summed E-state index contributed by atoms with van der Waals surface area (Å²) in [6.07, 6.45) is 6.31. The Morgan fingerprint density at radius 2 is 1.61 bits per heavy atom. The van der Waals surface area contributed by atoms with Gasteiger partial charge in [-0.25, -0.2) is 4.79 Å². The summed E-state index contributed by atoms with van der Waals surface area (Å²) >= 11 is 0. The molecule has 4 heteroatoms. The molecule has 0 unspecified atom stereocenters. The Labute approximate surface area is 214 Å². The maximum absolute atomic E-state index is 11.7. The molecule has 36 heavy (non-hydrogen) atoms. The molecule has 0 aliphatic heterocycles. The summed E-state index contributed by atoms with van der Waals surface area (Å²) in [5.74, 6) is 1.00. The van der Waals surface area contributed by atoms with Crippen molar-refractivity contribution in [1.29, 1.82) is 0 Å². The number of esters is 1. The predicted molar refractivity (Wildman–Crippen MR) is 145 cm³/mol. The smallest absolute Gasteiger partial charge is 0.333 e. The summed E-state index contributed by atoms with van der Waals surface area (Å²) in [5.41, 5.74) is 8.18. The fourth-order valence-electron chi connectivity index (χ4n) is 4.93. The minimum absolute atomic E-state index is 0.0459. The Morgan fingerprint density at radius 1 is 0.917 bits per heavy atom. The van der Waals surface area contributed by atoms with Crippen LogP contribution < -0.4 is 4.74 Å². The molecular formula is C32H36O4. The highest BCUT2D eigenvalue weighted by molar-refractivity contribution is 5.86. The summed E-state index contributed by atoms with van der Waals surface area (Å²) in [5, 5.41) is 9.32. The molecule has 188 valence electrons. The molecule has 0 radical (unpaired) electrons. The van der Waals surface area contributed by atoms with E-state index in [0.29, 0.717) is 11.5 Å². The first-order valence-corrected chi connectivity index (χ1v) is 12.9. The van der Waals surface area contributed by atoms with Crippen molar-refractivity contribution in [3.05, 3.63) is 89.5 Å². The minimum atomic E-state index is -0.395. The number of hydrogen-bond acceptors (Lipinski definition) is 4. The second-order valence-corrected chi connectivity index (χ2v) is 9.74. The van der Waals surface area contributed by atoms with Gasteiger partial charge in [-0.2, -0.15) is 0 Å². The van der Waals surface area contributed by atoms with Gasteiger partial charge in [0.1, 0.15) is 19.0 Å². The maximum Gasteiger partial charge on any atom is 0.333 e. The van der Waals surface area contributed by atoms with Gasteiger partial charge in [-0.15, -0.1) is 0 Å². The van der Waals surface area contributed by atoms with Gasteiger partial charge in [0.15, 0.2) is 0 Å². The van der Waals surface area contributed by atoms with Crippen LogP contribution in [0.5, 0.6) is 5.75 Å². The highest BCUT2D eigenvalue weighted by Crippen LogP contribution is 2.39. The third kappa shape index (κ3) is 6.24. The Balaban J connectivity index is 1.60. The molecular weight excluding hydrogens is 448 g/mol. The molecule has 4 rings (SSSR count). The molecule has 0 bridgehead atoms. The fourth-order valence-corrected chi connectivity index (χ4v) is 4.93. The lowest BCUT2D eigenvalue weighted by Gasteiger charge is -2.23. The second-order valence-electron chi connectivity index (χ2n) is 9.74. The van der Waals surface area contributed by atoms with Crippen LogP contribution >= 0.6 is 0 Å². The molecule has 1 aliphatic rings. The van der Waals surface area contributed by atoms with E-state index in [1.54, 1.807) is 6.92 Å². The lowest BCUT2D eigenvalue weighted by molar-refractivity contribution is -0.139. The Kier molecular flexibility index (Phi) is 8.61. The van der Waals surface area contributed by atoms with Gasteiger partial charge in [-0.05, 0) is 72.1 Å². The molecule has 3 aromatic rings. The van der Waals surface area contributed by atoms with Crippen LogP contribution in [0.1, 0.15) is 61.6 Å². The summed E-state index contributed by atoms with van der Waals surface area (Å²) in [7, 11) is 0. The number of aryl methyl sites for hydroxylation is 1. The summed E-state index contributed by atoms with van der Waals surface area (Å²) in [6, 6.07) is 21.1. The topological polar surface area (TPSA) is 55.8 Å². The van der Waals surface area contributed by atoms with E-state index in [4.69, 9.17) is 9.47 Å². The SMILES string of the molecule is C=C(C)C(=O)OCCOc1cc(C2CCCCC2)ccc1-c1ccc(-c2ccc(CO)cc2)cc1C. The molecule has 1 saturated carbocycles. The number of ether oxygens (including phenoxy) is 2. The summed E-state index contributed by atoms with van der Waals surface area (Å²) in [6.45, 7) is 7.90. The molecule has 0 atom stereocenters. The van der Waals surface area contributed by atoms with Crippen molar-refractivity contribution < 1.29 is 19.4 Å². The predicted octanol–water partition coefficient (Wildman–Crippen LogP) is 7.37. The van der Waals surface area contributed by atoms with E-state index in [2.05, 4.69) is 49.9 Å². The molecule has 0 spiro atoms. The van der Waals surface area contributed by atoms with Crippen LogP contribution in [-0.2, 0) is 16.1 Å². The number of rotatable bonds is 9. The first-order valence-electron chi connectivity index (χ1n) is 12.9. The summed E-state index contributed by atoms with van der Waals surface area (Å²) < 4.78 is 11.5. The zero-order valence-electron chi connectivity index (χ0n) is 21.4. The van der Waals surface area contributed by atoms with E-state index in [-0.39, 0.29) is 19.8 Å². The first-order chi connectivity index (χ1) is 17.5. The van der Waals surface area contributed by atoms with Gasteiger partial charge in [-0.3, -0.25) is 0 Å². The third-order valence-corrected chi connectivity index (χ3v) is 6.99. The molecule has 1 aliphatic carbocycles. The van der Waals surface area contributed by atoms with E-state index in [9.17, 15) is 9.90 Å². The average molecular weight is 485 g/mol. The molecule has 1 fully saturated rings. The number of carbonyl (C=O) groups excluding carboxylic acids is 1. The molecule has 0 amide bonds. The van der Waals surface area contributed by atoms with Crippen molar-refractivity contribution in [2.75, 3.05) is 13.2 Å². The van der Waals surface area contributed by atoms with Crippen LogP contribution in [0.4, 0.5) is 0 Å². The van der Waals surface area contributed by atoms with Crippen LogP contribution in [0.3, 0.4) is 0 Å². The van der Waals surface area contributed by atoms with Gasteiger partial charge in [0.05, 0.1) is 6.61 Å². The van der Waals surface area contributed by atoms with E-state index < -0.39 is 5.97 Å². The van der Waals surface area contributed by atoms with Crippen LogP contribution in [0.2, 0.25) is 0 Å². The fraction of sp³-hybridized carbons (Fsp3) is 0.344. The number of benzene rings is 3. The lowest BCUT2D eigenvalue weighted by atomic mass is 9.83. The minimum Gasteiger partial charge on any atom is -0.489 e. The third-order valence-electron chi connectivity index (χ3n) is 6.99. The largest absolute Gasteiger partial charge is 0.489 e. The van der Waals surface area contributed by atoms with Crippen molar-refractivity contribution in [2.24, 2.45) is 0 Å². The number of carbonyl (C=O) groups is 1. The van der Waals surface area contributed by atoms with E-state index in [1.165, 1.54) is 37.7 Å². The number of aliphatic hydroxyl groups excluding tert-OH is 1. The van der Waals surface area contributed by atoms with Crippen LogP contribution in [0, 0.1) is 6.92 Å². The monoisotopic (exact) mass is 484 g/mol. The Morgan fingerprint density at radius 3 is 2.28 bits per heavy atom. The van der Waals surface area contributed by atoms with Gasteiger partial charge >= 0.3 is 5.97 Å². The zero-order chi connectivity index (χ0) is 25.5. The van der Waals surface area contributed by atoms with Gasteiger partial charge in [-0.1, -0.05) is 80.4 Å². The van der Waals surface area contributed by atoms with E-state index in [0.717, 1.165) is 39.1 Å². The van der Waals surface area contributed by atoms with Gasteiger partial charge in [0.25, 0.3) is 0 Å². The highest BCUT2D eigenvalue weighted by Gasteiger charge is 2.19. The standard InChI is InChI=1S/C32H36O4/c1-22(2)32(34)36-18-17-35-31-20-28(25-7-5-4-6-8-25)14-16-30(31)29-15-13-27(19-23(29)3)26-11-9-24(21-33)10-12-26/h9-16,19-20,25,33H,1,4-8,17-18,21H2,2-3H3. The molecule has 0 saturated heterocycles. The van der Waals surface area contributed by atoms with Crippen molar-refractivity contribution >= 4 is 5.97 Å². The maximum atomic E-state index is 11.7. The zero-order valence-corrected chi connectivity index (χ0v) is 21.4. The van der Waals surface area contributed by atoms with Crippen molar-refractivity contribution in [3.63, 3.8) is 0 Å². The molecule has 0 heterocycles. The van der Waals surface area contributed by atoms with E-state index >= 15 is 0 Å². The molecule has 1 N–H and O–H groups in total. The Bertz CT molecular complexity index is 1200. The van der Waals surface area contributed by atoms with Crippen LogP contribution in [0.15, 0.2) is 72.8 Å². The van der Waals surface area contributed by atoms with Crippen molar-refractivity contribution in [3.8, 4) is 28.0 Å². The lowest BCUT2D eigenvalue weighted by Crippen LogP contribution is -2.13. The van der Waals surface area contributed by atoms with Crippen LogP contribution in [-0.4, -0.2) is 24.3 Å². The second kappa shape index (κ2) is 12.0. The number of aliphatic hydroxyl groups is 1. The quantitative estimate of drug-likeness (QED) is 0.196. The normalized spacial score (nSPS) is 13.9. The Hall–Kier alpha value is -3.37.